The normalized spacial score (nSPS) is 10.4. The lowest BCUT2D eigenvalue weighted by Gasteiger charge is -2.19. The number of hydrogen-bond donors (Lipinski definition) is 1. The third-order valence-electron chi connectivity index (χ3n) is 4.26. The number of carbonyl (C=O) groups excluding carboxylic acids is 2. The second kappa shape index (κ2) is 9.65. The standard InChI is InChI=1S/C23H20F2N2O3/c1-27(14-22(28)26-19-12-17(24)11-18(25)13-19)23(29)21-10-6-5-7-16(21)15-30-20-8-3-2-4-9-20/h2-13H,14-15H2,1H3,(H,26,28). The molecule has 0 aliphatic carbocycles. The second-order valence-corrected chi connectivity index (χ2v) is 6.63. The van der Waals surface area contributed by atoms with Crippen LogP contribution >= 0.6 is 0 Å². The Labute approximate surface area is 172 Å². The minimum absolute atomic E-state index is 0.0185. The van der Waals surface area contributed by atoms with Crippen molar-refractivity contribution >= 4 is 17.5 Å². The fraction of sp³-hybridized carbons (Fsp3) is 0.130. The Morgan fingerprint density at radius 1 is 0.933 bits per heavy atom. The zero-order valence-corrected chi connectivity index (χ0v) is 16.3. The zero-order chi connectivity index (χ0) is 21.5. The van der Waals surface area contributed by atoms with Crippen LogP contribution in [0.25, 0.3) is 0 Å². The largest absolute Gasteiger partial charge is 0.489 e. The summed E-state index contributed by atoms with van der Waals surface area (Å²) in [5, 5.41) is 2.38. The second-order valence-electron chi connectivity index (χ2n) is 6.63. The van der Waals surface area contributed by atoms with Gasteiger partial charge in [-0.1, -0.05) is 36.4 Å². The van der Waals surface area contributed by atoms with Crippen LogP contribution in [-0.4, -0.2) is 30.3 Å². The minimum atomic E-state index is -0.804. The van der Waals surface area contributed by atoms with Gasteiger partial charge in [0.1, 0.15) is 24.0 Å². The summed E-state index contributed by atoms with van der Waals surface area (Å²) in [5.74, 6) is -1.88. The van der Waals surface area contributed by atoms with E-state index in [9.17, 15) is 18.4 Å². The first-order valence-corrected chi connectivity index (χ1v) is 9.19. The van der Waals surface area contributed by atoms with Crippen LogP contribution < -0.4 is 10.1 Å². The number of hydrogen-bond acceptors (Lipinski definition) is 3. The van der Waals surface area contributed by atoms with E-state index in [0.717, 1.165) is 12.1 Å². The van der Waals surface area contributed by atoms with Crippen molar-refractivity contribution in [3.8, 4) is 5.75 Å². The number of ether oxygens (including phenoxy) is 1. The Balaban J connectivity index is 1.64. The fourth-order valence-corrected chi connectivity index (χ4v) is 2.85. The van der Waals surface area contributed by atoms with Crippen molar-refractivity contribution in [3.63, 3.8) is 0 Å². The smallest absolute Gasteiger partial charge is 0.254 e. The molecule has 0 saturated heterocycles. The number of likely N-dealkylation sites (N-methyl/N-ethyl adjacent to an activating group) is 1. The monoisotopic (exact) mass is 410 g/mol. The van der Waals surface area contributed by atoms with Gasteiger partial charge in [0.2, 0.25) is 5.91 Å². The maximum absolute atomic E-state index is 13.3. The fourth-order valence-electron chi connectivity index (χ4n) is 2.85. The van der Waals surface area contributed by atoms with E-state index in [-0.39, 0.29) is 24.7 Å². The molecule has 0 spiro atoms. The Morgan fingerprint density at radius 3 is 2.27 bits per heavy atom. The summed E-state index contributed by atoms with van der Waals surface area (Å²) in [6, 6.07) is 18.9. The SMILES string of the molecule is CN(CC(=O)Nc1cc(F)cc(F)c1)C(=O)c1ccccc1COc1ccccc1. The minimum Gasteiger partial charge on any atom is -0.489 e. The van der Waals surface area contributed by atoms with E-state index < -0.39 is 17.5 Å². The van der Waals surface area contributed by atoms with Crippen molar-refractivity contribution in [2.75, 3.05) is 18.9 Å². The molecule has 0 heterocycles. The third kappa shape index (κ3) is 5.64. The number of nitrogens with one attached hydrogen (secondary N) is 1. The van der Waals surface area contributed by atoms with E-state index in [2.05, 4.69) is 5.32 Å². The predicted molar refractivity (Wildman–Crippen MR) is 109 cm³/mol. The highest BCUT2D eigenvalue weighted by Crippen LogP contribution is 2.17. The molecule has 0 fully saturated rings. The summed E-state index contributed by atoms with van der Waals surface area (Å²) in [4.78, 5) is 26.3. The molecule has 0 radical (unpaired) electrons. The molecule has 0 aliphatic rings. The number of amides is 2. The summed E-state index contributed by atoms with van der Waals surface area (Å²) in [6.07, 6.45) is 0. The van der Waals surface area contributed by atoms with Gasteiger partial charge < -0.3 is 15.0 Å². The van der Waals surface area contributed by atoms with Crippen LogP contribution in [0.2, 0.25) is 0 Å². The van der Waals surface area contributed by atoms with Crippen LogP contribution in [0.3, 0.4) is 0 Å². The summed E-state index contributed by atoms with van der Waals surface area (Å²) >= 11 is 0. The molecule has 0 saturated carbocycles. The number of para-hydroxylation sites is 1. The van der Waals surface area contributed by atoms with Gasteiger partial charge >= 0.3 is 0 Å². The van der Waals surface area contributed by atoms with Gasteiger partial charge in [0, 0.05) is 29.9 Å². The summed E-state index contributed by atoms with van der Waals surface area (Å²) in [7, 11) is 1.48. The van der Waals surface area contributed by atoms with Gasteiger partial charge in [-0.15, -0.1) is 0 Å². The lowest BCUT2D eigenvalue weighted by atomic mass is 10.1. The van der Waals surface area contributed by atoms with Gasteiger partial charge in [-0.3, -0.25) is 9.59 Å². The van der Waals surface area contributed by atoms with E-state index in [1.807, 2.05) is 30.3 Å². The quantitative estimate of drug-likeness (QED) is 0.633. The van der Waals surface area contributed by atoms with Gasteiger partial charge in [-0.05, 0) is 30.3 Å². The van der Waals surface area contributed by atoms with Crippen molar-refractivity contribution in [1.29, 1.82) is 0 Å². The van der Waals surface area contributed by atoms with Crippen LogP contribution in [0, 0.1) is 11.6 Å². The van der Waals surface area contributed by atoms with Gasteiger partial charge in [0.15, 0.2) is 0 Å². The van der Waals surface area contributed by atoms with Gasteiger partial charge in [0.25, 0.3) is 5.91 Å². The van der Waals surface area contributed by atoms with Crippen molar-refractivity contribution in [2.24, 2.45) is 0 Å². The Morgan fingerprint density at radius 2 is 1.57 bits per heavy atom. The summed E-state index contributed by atoms with van der Waals surface area (Å²) < 4.78 is 32.2. The molecule has 5 nitrogen and oxygen atoms in total. The maximum Gasteiger partial charge on any atom is 0.254 e. The maximum atomic E-state index is 13.3. The molecule has 0 atom stereocenters. The van der Waals surface area contributed by atoms with Crippen LogP contribution in [0.15, 0.2) is 72.8 Å². The number of benzene rings is 3. The average molecular weight is 410 g/mol. The van der Waals surface area contributed by atoms with E-state index in [4.69, 9.17) is 4.74 Å². The van der Waals surface area contributed by atoms with E-state index in [1.54, 1.807) is 24.3 Å². The number of anilines is 1. The molecule has 2 amide bonds. The van der Waals surface area contributed by atoms with Crippen molar-refractivity contribution in [2.45, 2.75) is 6.61 Å². The van der Waals surface area contributed by atoms with E-state index in [0.29, 0.717) is 22.9 Å². The molecule has 3 aromatic carbocycles. The molecule has 7 heteroatoms. The number of halogens is 2. The Bertz CT molecular complexity index is 1020. The molecule has 0 aliphatic heterocycles. The van der Waals surface area contributed by atoms with Crippen molar-refractivity contribution < 1.29 is 23.1 Å². The first-order chi connectivity index (χ1) is 14.4. The van der Waals surface area contributed by atoms with Crippen LogP contribution in [0.1, 0.15) is 15.9 Å². The topological polar surface area (TPSA) is 58.6 Å². The highest BCUT2D eigenvalue weighted by atomic mass is 19.1. The average Bonchev–Trinajstić information content (AvgIpc) is 2.71. The molecule has 3 rings (SSSR count). The molecule has 3 aromatic rings. The van der Waals surface area contributed by atoms with Crippen LogP contribution in [-0.2, 0) is 11.4 Å². The molecular weight excluding hydrogens is 390 g/mol. The molecule has 0 aromatic heterocycles. The van der Waals surface area contributed by atoms with Gasteiger partial charge in [-0.2, -0.15) is 0 Å². The molecule has 0 unspecified atom stereocenters. The first-order valence-electron chi connectivity index (χ1n) is 9.19. The number of carbonyl (C=O) groups is 2. The summed E-state index contributed by atoms with van der Waals surface area (Å²) in [5.41, 5.74) is 1.06. The lowest BCUT2D eigenvalue weighted by molar-refractivity contribution is -0.116. The lowest BCUT2D eigenvalue weighted by Crippen LogP contribution is -2.35. The summed E-state index contributed by atoms with van der Waals surface area (Å²) in [6.45, 7) is -0.0978. The number of nitrogens with zero attached hydrogens (tertiary/aromatic N) is 1. The van der Waals surface area contributed by atoms with Crippen molar-refractivity contribution in [1.82, 2.24) is 4.90 Å². The van der Waals surface area contributed by atoms with E-state index in [1.165, 1.54) is 11.9 Å². The van der Waals surface area contributed by atoms with Crippen LogP contribution in [0.5, 0.6) is 5.75 Å². The van der Waals surface area contributed by atoms with Gasteiger partial charge in [-0.25, -0.2) is 8.78 Å². The first kappa shape index (κ1) is 21.0. The van der Waals surface area contributed by atoms with E-state index >= 15 is 0 Å². The molecule has 154 valence electrons. The third-order valence-corrected chi connectivity index (χ3v) is 4.26. The molecule has 1 N–H and O–H groups in total. The Hall–Kier alpha value is -3.74. The van der Waals surface area contributed by atoms with Crippen molar-refractivity contribution in [3.05, 3.63) is 95.6 Å². The highest BCUT2D eigenvalue weighted by molar-refractivity contribution is 6.00. The number of rotatable bonds is 7. The highest BCUT2D eigenvalue weighted by Gasteiger charge is 2.18. The van der Waals surface area contributed by atoms with Gasteiger partial charge in [0.05, 0.1) is 6.54 Å². The Kier molecular flexibility index (Phi) is 6.75. The molecule has 0 bridgehead atoms. The molecular formula is C23H20F2N2O3. The predicted octanol–water partition coefficient (Wildman–Crippen LogP) is 4.25. The molecule has 30 heavy (non-hydrogen) atoms. The zero-order valence-electron chi connectivity index (χ0n) is 16.3. The van der Waals surface area contributed by atoms with Crippen LogP contribution in [0.4, 0.5) is 14.5 Å².